The second-order valence-electron chi connectivity index (χ2n) is 4.66. The second-order valence-corrected chi connectivity index (χ2v) is 4.66. The van der Waals surface area contributed by atoms with Gasteiger partial charge in [0.05, 0.1) is 6.61 Å². The van der Waals surface area contributed by atoms with E-state index in [0.29, 0.717) is 18.7 Å². The maximum Gasteiger partial charge on any atom is 0.330 e. The molecule has 0 unspecified atom stereocenters. The number of nitrogens with two attached hydrogens (primary N) is 1. The molecule has 1 aliphatic rings. The highest BCUT2D eigenvalue weighted by Crippen LogP contribution is 2.20. The first kappa shape index (κ1) is 14.2. The molecule has 0 spiro atoms. The Morgan fingerprint density at radius 2 is 2.06 bits per heavy atom. The van der Waals surface area contributed by atoms with Crippen LogP contribution in [0.3, 0.4) is 0 Å². The number of esters is 1. The molecule has 0 aliphatic heterocycles. The molecule has 0 bridgehead atoms. The van der Waals surface area contributed by atoms with E-state index in [1.54, 1.807) is 0 Å². The van der Waals surface area contributed by atoms with E-state index in [0.717, 1.165) is 32.2 Å². The van der Waals surface area contributed by atoms with E-state index in [4.69, 9.17) is 10.5 Å². The van der Waals surface area contributed by atoms with Crippen molar-refractivity contribution < 1.29 is 9.53 Å². The van der Waals surface area contributed by atoms with Gasteiger partial charge < -0.3 is 10.5 Å². The molecule has 0 aromatic rings. The average Bonchev–Trinajstić information content (AvgIpc) is 2.30. The van der Waals surface area contributed by atoms with E-state index < -0.39 is 0 Å². The average molecular weight is 240 g/mol. The van der Waals surface area contributed by atoms with Crippen LogP contribution in [0.5, 0.6) is 0 Å². The van der Waals surface area contributed by atoms with Gasteiger partial charge in [-0.25, -0.2) is 4.79 Å². The second kappa shape index (κ2) is 7.45. The van der Waals surface area contributed by atoms with Gasteiger partial charge in [0, 0.05) is 24.7 Å². The van der Waals surface area contributed by atoms with Gasteiger partial charge in [-0.2, -0.15) is 0 Å². The lowest BCUT2D eigenvalue weighted by Gasteiger charge is -2.32. The van der Waals surface area contributed by atoms with Crippen LogP contribution in [-0.4, -0.2) is 43.2 Å². The zero-order valence-electron chi connectivity index (χ0n) is 10.9. The number of carbonyl (C=O) groups is 1. The van der Waals surface area contributed by atoms with Crippen molar-refractivity contribution in [3.05, 3.63) is 12.2 Å². The Balaban J connectivity index is 2.24. The molecule has 1 rings (SSSR count). The van der Waals surface area contributed by atoms with E-state index in [1.165, 1.54) is 6.08 Å². The number of nitrogens with zero attached hydrogens (tertiary/aromatic N) is 1. The van der Waals surface area contributed by atoms with Gasteiger partial charge in [-0.3, -0.25) is 4.90 Å². The number of likely N-dealkylation sites (N-methyl/N-ethyl adjacent to an activating group) is 1. The quantitative estimate of drug-likeness (QED) is 0.581. The highest BCUT2D eigenvalue weighted by molar-refractivity contribution is 5.81. The van der Waals surface area contributed by atoms with Crippen molar-refractivity contribution >= 4 is 5.97 Å². The molecule has 0 aromatic heterocycles. The molecule has 98 valence electrons. The summed E-state index contributed by atoms with van der Waals surface area (Å²) in [6.07, 6.45) is 7.91. The third-order valence-electron chi connectivity index (χ3n) is 3.30. The Bertz CT molecular complexity index is 258. The van der Waals surface area contributed by atoms with Crippen LogP contribution in [0.15, 0.2) is 12.2 Å². The molecule has 0 saturated heterocycles. The minimum atomic E-state index is -0.258. The van der Waals surface area contributed by atoms with Crippen molar-refractivity contribution in [3.8, 4) is 0 Å². The van der Waals surface area contributed by atoms with Crippen LogP contribution in [0.2, 0.25) is 0 Å². The summed E-state index contributed by atoms with van der Waals surface area (Å²) in [6.45, 7) is 3.03. The van der Waals surface area contributed by atoms with Crippen molar-refractivity contribution in [2.45, 2.75) is 44.7 Å². The smallest absolute Gasteiger partial charge is 0.330 e. The first-order valence-electron chi connectivity index (χ1n) is 6.42. The predicted octanol–water partition coefficient (Wildman–Crippen LogP) is 1.31. The zero-order chi connectivity index (χ0) is 12.7. The fourth-order valence-electron chi connectivity index (χ4n) is 2.20. The topological polar surface area (TPSA) is 55.6 Å². The molecule has 0 atom stereocenters. The summed E-state index contributed by atoms with van der Waals surface area (Å²) in [5, 5.41) is 0. The van der Waals surface area contributed by atoms with Gasteiger partial charge in [0.1, 0.15) is 0 Å². The Hall–Kier alpha value is -0.870. The standard InChI is InChI=1S/C13H24N2O2/c1-3-17-13(16)5-4-10-15(2)12-8-6-11(14)7-9-12/h4-5,11-12H,3,6-10,14H2,1-2H3/b5-4+. The predicted molar refractivity (Wildman–Crippen MR) is 68.6 cm³/mol. The van der Waals surface area contributed by atoms with Gasteiger partial charge in [-0.1, -0.05) is 6.08 Å². The van der Waals surface area contributed by atoms with Crippen molar-refractivity contribution in [3.63, 3.8) is 0 Å². The van der Waals surface area contributed by atoms with Crippen molar-refractivity contribution in [2.75, 3.05) is 20.2 Å². The van der Waals surface area contributed by atoms with Crippen LogP contribution >= 0.6 is 0 Å². The summed E-state index contributed by atoms with van der Waals surface area (Å²) in [7, 11) is 2.09. The van der Waals surface area contributed by atoms with Crippen LogP contribution in [-0.2, 0) is 9.53 Å². The summed E-state index contributed by atoms with van der Waals surface area (Å²) in [6, 6.07) is 0.983. The minimum Gasteiger partial charge on any atom is -0.463 e. The summed E-state index contributed by atoms with van der Waals surface area (Å²) in [5.41, 5.74) is 5.88. The molecule has 0 aromatic carbocycles. The van der Waals surface area contributed by atoms with Crippen LogP contribution in [0.4, 0.5) is 0 Å². The number of rotatable bonds is 5. The van der Waals surface area contributed by atoms with Gasteiger partial charge in [0.25, 0.3) is 0 Å². The fraction of sp³-hybridized carbons (Fsp3) is 0.769. The molecular weight excluding hydrogens is 216 g/mol. The number of hydrogen-bond acceptors (Lipinski definition) is 4. The molecule has 17 heavy (non-hydrogen) atoms. The van der Waals surface area contributed by atoms with Crippen LogP contribution in [0, 0.1) is 0 Å². The monoisotopic (exact) mass is 240 g/mol. The van der Waals surface area contributed by atoms with Gasteiger partial charge in [-0.05, 0) is 39.7 Å². The van der Waals surface area contributed by atoms with Gasteiger partial charge in [0.15, 0.2) is 0 Å². The van der Waals surface area contributed by atoms with E-state index in [1.807, 2.05) is 13.0 Å². The third kappa shape index (κ3) is 5.33. The Morgan fingerprint density at radius 3 is 2.65 bits per heavy atom. The molecular formula is C13H24N2O2. The zero-order valence-corrected chi connectivity index (χ0v) is 10.9. The molecule has 4 heteroatoms. The van der Waals surface area contributed by atoms with Gasteiger partial charge in [-0.15, -0.1) is 0 Å². The Morgan fingerprint density at radius 1 is 1.41 bits per heavy atom. The number of ether oxygens (including phenoxy) is 1. The lowest BCUT2D eigenvalue weighted by Crippen LogP contribution is -2.38. The third-order valence-corrected chi connectivity index (χ3v) is 3.30. The van der Waals surface area contributed by atoms with E-state index in [2.05, 4.69) is 11.9 Å². The van der Waals surface area contributed by atoms with Crippen molar-refractivity contribution in [1.82, 2.24) is 4.90 Å². The van der Waals surface area contributed by atoms with Crippen molar-refractivity contribution in [2.24, 2.45) is 5.73 Å². The maximum atomic E-state index is 11.1. The van der Waals surface area contributed by atoms with E-state index >= 15 is 0 Å². The lowest BCUT2D eigenvalue weighted by molar-refractivity contribution is -0.137. The minimum absolute atomic E-state index is 0.258. The summed E-state index contributed by atoms with van der Waals surface area (Å²) in [4.78, 5) is 13.4. The lowest BCUT2D eigenvalue weighted by atomic mass is 9.91. The normalized spacial score (nSPS) is 25.4. The van der Waals surface area contributed by atoms with Gasteiger partial charge in [0.2, 0.25) is 0 Å². The Kier molecular flexibility index (Phi) is 6.22. The van der Waals surface area contributed by atoms with E-state index in [-0.39, 0.29) is 5.97 Å². The number of hydrogen-bond donors (Lipinski definition) is 1. The first-order chi connectivity index (χ1) is 8.13. The summed E-state index contributed by atoms with van der Waals surface area (Å²) in [5.74, 6) is -0.258. The van der Waals surface area contributed by atoms with Crippen LogP contribution in [0.25, 0.3) is 0 Å². The van der Waals surface area contributed by atoms with E-state index in [9.17, 15) is 4.79 Å². The SMILES string of the molecule is CCOC(=O)/C=C/CN(C)C1CCC(N)CC1. The molecule has 1 aliphatic carbocycles. The molecule has 2 N–H and O–H groups in total. The first-order valence-corrected chi connectivity index (χ1v) is 6.42. The highest BCUT2D eigenvalue weighted by atomic mass is 16.5. The van der Waals surface area contributed by atoms with Crippen LogP contribution < -0.4 is 5.73 Å². The largest absolute Gasteiger partial charge is 0.463 e. The van der Waals surface area contributed by atoms with Crippen LogP contribution in [0.1, 0.15) is 32.6 Å². The molecule has 4 nitrogen and oxygen atoms in total. The maximum absolute atomic E-state index is 11.1. The molecule has 1 saturated carbocycles. The number of carbonyl (C=O) groups excluding carboxylic acids is 1. The molecule has 0 amide bonds. The Labute approximate surface area is 104 Å². The summed E-state index contributed by atoms with van der Waals surface area (Å²) >= 11 is 0. The highest BCUT2D eigenvalue weighted by Gasteiger charge is 2.20. The fourth-order valence-corrected chi connectivity index (χ4v) is 2.20. The van der Waals surface area contributed by atoms with Crippen molar-refractivity contribution in [1.29, 1.82) is 0 Å². The summed E-state index contributed by atoms with van der Waals surface area (Å²) < 4.78 is 4.82. The van der Waals surface area contributed by atoms with Gasteiger partial charge >= 0.3 is 5.97 Å². The molecule has 0 radical (unpaired) electrons. The molecule has 1 fully saturated rings. The molecule has 0 heterocycles.